The highest BCUT2D eigenvalue weighted by atomic mass is 32.2. The van der Waals surface area contributed by atoms with Crippen molar-refractivity contribution < 1.29 is 9.53 Å². The lowest BCUT2D eigenvalue weighted by atomic mass is 10.0. The molecule has 3 aromatic rings. The first-order valence-electron chi connectivity index (χ1n) is 7.15. The fourth-order valence-electron chi connectivity index (χ4n) is 2.38. The van der Waals surface area contributed by atoms with Gasteiger partial charge < -0.3 is 4.74 Å². The van der Waals surface area contributed by atoms with Crippen LogP contribution in [0.1, 0.15) is 28.5 Å². The maximum atomic E-state index is 12.4. The van der Waals surface area contributed by atoms with Gasteiger partial charge in [0.15, 0.2) is 4.34 Å². The number of benzene rings is 1. The van der Waals surface area contributed by atoms with E-state index in [2.05, 4.69) is 15.2 Å². The first kappa shape index (κ1) is 15.9. The first-order chi connectivity index (χ1) is 11.2. The molecule has 23 heavy (non-hydrogen) atoms. The number of aryl methyl sites for hydroxylation is 1. The fraction of sp³-hybridized carbons (Fsp3) is 0.250. The highest BCUT2D eigenvalue weighted by Gasteiger charge is 2.20. The molecule has 5 nitrogen and oxygen atoms in total. The highest BCUT2D eigenvalue weighted by Crippen LogP contribution is 2.29. The molecular weight excluding hydrogens is 330 g/mol. The summed E-state index contributed by atoms with van der Waals surface area (Å²) in [5.41, 5.74) is 4.75. The Morgan fingerprint density at radius 3 is 2.91 bits per heavy atom. The quantitative estimate of drug-likeness (QED) is 0.517. The van der Waals surface area contributed by atoms with Crippen LogP contribution in [0.15, 0.2) is 34.1 Å². The summed E-state index contributed by atoms with van der Waals surface area (Å²) in [6, 6.07) is 7.82. The van der Waals surface area contributed by atoms with Crippen molar-refractivity contribution in [3.05, 3.63) is 46.6 Å². The second-order valence-electron chi connectivity index (χ2n) is 4.79. The number of aromatic nitrogens is 3. The number of thioether (sulfide) groups is 1. The van der Waals surface area contributed by atoms with Gasteiger partial charge in [-0.3, -0.25) is 4.98 Å². The summed E-state index contributed by atoms with van der Waals surface area (Å²) >= 11 is 2.99. The topological polar surface area (TPSA) is 65.0 Å². The van der Waals surface area contributed by atoms with Crippen molar-refractivity contribution in [3.63, 3.8) is 0 Å². The summed E-state index contributed by atoms with van der Waals surface area (Å²) < 4.78 is 6.08. The number of para-hydroxylation sites is 1. The number of fused-ring (bicyclic) bond motifs is 1. The predicted octanol–water partition coefficient (Wildman–Crippen LogP) is 3.86. The maximum absolute atomic E-state index is 12.4. The van der Waals surface area contributed by atoms with Gasteiger partial charge in [0.2, 0.25) is 0 Å². The molecule has 0 saturated carbocycles. The summed E-state index contributed by atoms with van der Waals surface area (Å²) in [6.07, 6.45) is 0. The largest absolute Gasteiger partial charge is 0.462 e. The zero-order chi connectivity index (χ0) is 16.2. The van der Waals surface area contributed by atoms with Crippen molar-refractivity contribution >= 4 is 40.0 Å². The Labute approximate surface area is 142 Å². The number of carbonyl (C=O) groups is 1. The molecule has 0 aliphatic heterocycles. The zero-order valence-electron chi connectivity index (χ0n) is 12.8. The first-order valence-corrected chi connectivity index (χ1v) is 9.01. The molecule has 0 fully saturated rings. The second kappa shape index (κ2) is 7.06. The van der Waals surface area contributed by atoms with Crippen LogP contribution in [0.2, 0.25) is 0 Å². The summed E-state index contributed by atoms with van der Waals surface area (Å²) in [4.78, 5) is 17.1. The van der Waals surface area contributed by atoms with Crippen LogP contribution in [0.25, 0.3) is 10.9 Å². The van der Waals surface area contributed by atoms with Crippen LogP contribution in [-0.4, -0.2) is 27.8 Å². The summed E-state index contributed by atoms with van der Waals surface area (Å²) in [7, 11) is 0. The Morgan fingerprint density at radius 2 is 2.17 bits per heavy atom. The molecular formula is C16H15N3O2S2. The Morgan fingerprint density at radius 1 is 1.35 bits per heavy atom. The number of pyridine rings is 1. The number of nitrogens with zero attached hydrogens (tertiary/aromatic N) is 3. The van der Waals surface area contributed by atoms with Gasteiger partial charge in [0.1, 0.15) is 5.51 Å². The van der Waals surface area contributed by atoms with Gasteiger partial charge in [-0.05, 0) is 25.5 Å². The third kappa shape index (κ3) is 3.35. The molecule has 0 aliphatic carbocycles. The van der Waals surface area contributed by atoms with E-state index in [9.17, 15) is 4.79 Å². The summed E-state index contributed by atoms with van der Waals surface area (Å²) in [5.74, 6) is 0.228. The van der Waals surface area contributed by atoms with Gasteiger partial charge in [0.05, 0.1) is 23.4 Å². The molecule has 0 spiro atoms. The number of ether oxygens (including phenoxy) is 1. The van der Waals surface area contributed by atoms with Gasteiger partial charge in [0, 0.05) is 11.1 Å². The second-order valence-corrected chi connectivity index (χ2v) is 6.85. The van der Waals surface area contributed by atoms with Crippen molar-refractivity contribution in [3.8, 4) is 0 Å². The molecule has 2 heterocycles. The van der Waals surface area contributed by atoms with Gasteiger partial charge >= 0.3 is 5.97 Å². The van der Waals surface area contributed by atoms with Crippen molar-refractivity contribution in [2.24, 2.45) is 0 Å². The lowest BCUT2D eigenvalue weighted by Gasteiger charge is -2.13. The molecule has 0 N–H and O–H groups in total. The SMILES string of the molecule is CCOC(=O)c1c(CSc2nncs2)nc2ccccc2c1C. The predicted molar refractivity (Wildman–Crippen MR) is 91.9 cm³/mol. The molecule has 0 aliphatic rings. The maximum Gasteiger partial charge on any atom is 0.340 e. The molecule has 0 saturated heterocycles. The monoisotopic (exact) mass is 345 g/mol. The molecule has 0 unspecified atom stereocenters. The van der Waals surface area contributed by atoms with Gasteiger partial charge in [-0.2, -0.15) is 0 Å². The minimum Gasteiger partial charge on any atom is -0.462 e. The van der Waals surface area contributed by atoms with E-state index in [1.54, 1.807) is 12.4 Å². The minimum absolute atomic E-state index is 0.323. The Balaban J connectivity index is 2.05. The van der Waals surface area contributed by atoms with Crippen molar-refractivity contribution in [1.82, 2.24) is 15.2 Å². The van der Waals surface area contributed by atoms with Gasteiger partial charge in [-0.15, -0.1) is 10.2 Å². The molecule has 1 aromatic carbocycles. The lowest BCUT2D eigenvalue weighted by molar-refractivity contribution is 0.0524. The number of hydrogen-bond acceptors (Lipinski definition) is 7. The minimum atomic E-state index is -0.323. The zero-order valence-corrected chi connectivity index (χ0v) is 14.4. The van der Waals surface area contributed by atoms with E-state index in [-0.39, 0.29) is 5.97 Å². The molecule has 0 bridgehead atoms. The normalized spacial score (nSPS) is 10.9. The van der Waals surface area contributed by atoms with E-state index in [1.807, 2.05) is 31.2 Å². The number of esters is 1. The average molecular weight is 345 g/mol. The molecule has 7 heteroatoms. The van der Waals surface area contributed by atoms with E-state index in [1.165, 1.54) is 23.1 Å². The Bertz CT molecular complexity index is 835. The third-order valence-corrected chi connectivity index (χ3v) is 5.25. The van der Waals surface area contributed by atoms with Gasteiger partial charge in [0.25, 0.3) is 0 Å². The number of carbonyl (C=O) groups excluding carboxylic acids is 1. The molecule has 0 amide bonds. The molecule has 118 valence electrons. The fourth-order valence-corrected chi connectivity index (χ4v) is 3.81. The third-order valence-electron chi connectivity index (χ3n) is 3.38. The van der Waals surface area contributed by atoms with Crippen LogP contribution in [0.3, 0.4) is 0 Å². The van der Waals surface area contributed by atoms with Crippen LogP contribution in [0, 0.1) is 6.92 Å². The highest BCUT2D eigenvalue weighted by molar-refractivity contribution is 8.00. The summed E-state index contributed by atoms with van der Waals surface area (Å²) in [6.45, 7) is 4.08. The van der Waals surface area contributed by atoms with Crippen LogP contribution in [0.4, 0.5) is 0 Å². The summed E-state index contributed by atoms with van der Waals surface area (Å²) in [5, 5.41) is 8.81. The van der Waals surface area contributed by atoms with Crippen LogP contribution in [0.5, 0.6) is 0 Å². The van der Waals surface area contributed by atoms with Crippen LogP contribution >= 0.6 is 23.1 Å². The van der Waals surface area contributed by atoms with Crippen LogP contribution in [-0.2, 0) is 10.5 Å². The van der Waals surface area contributed by atoms with Crippen LogP contribution < -0.4 is 0 Å². The van der Waals surface area contributed by atoms with E-state index >= 15 is 0 Å². The standard InChI is InChI=1S/C16H15N3O2S2/c1-3-21-15(20)14-10(2)11-6-4-5-7-12(11)18-13(14)8-22-16-19-17-9-23-16/h4-7,9H,3,8H2,1-2H3. The number of rotatable bonds is 5. The average Bonchev–Trinajstić information content (AvgIpc) is 3.06. The van der Waals surface area contributed by atoms with Gasteiger partial charge in [-0.1, -0.05) is 41.3 Å². The van der Waals surface area contributed by atoms with E-state index in [4.69, 9.17) is 4.74 Å². The Kier molecular flexibility index (Phi) is 4.88. The Hall–Kier alpha value is -1.99. The van der Waals surface area contributed by atoms with Crippen molar-refractivity contribution in [1.29, 1.82) is 0 Å². The molecule has 0 radical (unpaired) electrons. The molecule has 0 atom stereocenters. The molecule has 2 aromatic heterocycles. The van der Waals surface area contributed by atoms with Crippen molar-refractivity contribution in [2.75, 3.05) is 6.61 Å². The smallest absolute Gasteiger partial charge is 0.340 e. The van der Waals surface area contributed by atoms with E-state index < -0.39 is 0 Å². The van der Waals surface area contributed by atoms with E-state index in [0.717, 1.165) is 26.5 Å². The molecule has 3 rings (SSSR count). The van der Waals surface area contributed by atoms with Gasteiger partial charge in [-0.25, -0.2) is 4.79 Å². The number of hydrogen-bond donors (Lipinski definition) is 0. The van der Waals surface area contributed by atoms with E-state index in [0.29, 0.717) is 17.9 Å². The van der Waals surface area contributed by atoms with Crippen molar-refractivity contribution in [2.45, 2.75) is 23.9 Å². The lowest BCUT2D eigenvalue weighted by Crippen LogP contribution is -2.12.